The van der Waals surface area contributed by atoms with Crippen LogP contribution < -0.4 is 19.5 Å². The van der Waals surface area contributed by atoms with Gasteiger partial charge in [0.25, 0.3) is 5.91 Å². The molecule has 0 saturated carbocycles. The van der Waals surface area contributed by atoms with Gasteiger partial charge >= 0.3 is 0 Å². The lowest BCUT2D eigenvalue weighted by Gasteiger charge is -2.13. The fourth-order valence-corrected chi connectivity index (χ4v) is 3.76. The molecule has 0 aliphatic heterocycles. The molecule has 0 saturated heterocycles. The van der Waals surface area contributed by atoms with Crippen molar-refractivity contribution < 1.29 is 19.0 Å². The molecule has 1 N–H and O–H groups in total. The highest BCUT2D eigenvalue weighted by molar-refractivity contribution is 9.10. The van der Waals surface area contributed by atoms with E-state index in [1.807, 2.05) is 66.7 Å². The number of hydrogen-bond donors (Lipinski definition) is 1. The maximum Gasteiger partial charge on any atom is 0.259 e. The normalized spacial score (nSPS) is 10.4. The quantitative estimate of drug-likeness (QED) is 0.217. The van der Waals surface area contributed by atoms with E-state index in [1.165, 1.54) is 5.56 Å². The van der Waals surface area contributed by atoms with Crippen LogP contribution in [0.25, 0.3) is 0 Å². The Labute approximate surface area is 213 Å². The number of amides is 1. The summed E-state index contributed by atoms with van der Waals surface area (Å²) in [5, 5.41) is 2.93. The zero-order chi connectivity index (χ0) is 24.3. The van der Waals surface area contributed by atoms with Gasteiger partial charge in [-0.25, -0.2) is 0 Å². The molecule has 1 amide bonds. The van der Waals surface area contributed by atoms with Crippen molar-refractivity contribution in [3.05, 3.63) is 119 Å². The van der Waals surface area contributed by atoms with E-state index in [0.29, 0.717) is 42.6 Å². The van der Waals surface area contributed by atoms with Crippen LogP contribution in [0.15, 0.2) is 108 Å². The van der Waals surface area contributed by atoms with Crippen molar-refractivity contribution >= 4 is 27.5 Å². The second-order valence-electron chi connectivity index (χ2n) is 7.71. The lowest BCUT2D eigenvalue weighted by Crippen LogP contribution is -2.14. The third-order valence-electron chi connectivity index (χ3n) is 5.15. The van der Waals surface area contributed by atoms with Gasteiger partial charge in [-0.1, -0.05) is 64.5 Å². The molecule has 0 spiro atoms. The van der Waals surface area contributed by atoms with Crippen LogP contribution in [0, 0.1) is 0 Å². The first-order valence-corrected chi connectivity index (χ1v) is 12.1. The molecule has 0 bridgehead atoms. The van der Waals surface area contributed by atoms with Crippen molar-refractivity contribution in [2.75, 3.05) is 25.1 Å². The second kappa shape index (κ2) is 12.6. The Morgan fingerprint density at radius 1 is 0.686 bits per heavy atom. The first-order chi connectivity index (χ1) is 17.2. The molecule has 4 rings (SSSR count). The average molecular weight is 532 g/mol. The molecule has 178 valence electrons. The first-order valence-electron chi connectivity index (χ1n) is 11.4. The summed E-state index contributed by atoms with van der Waals surface area (Å²) >= 11 is 3.45. The number of hydrogen-bond acceptors (Lipinski definition) is 4. The van der Waals surface area contributed by atoms with Crippen molar-refractivity contribution in [2.24, 2.45) is 0 Å². The summed E-state index contributed by atoms with van der Waals surface area (Å²) in [7, 11) is 0. The van der Waals surface area contributed by atoms with E-state index < -0.39 is 0 Å². The standard InChI is InChI=1S/C29H26BrNO4/c30-23-11-16-28(35-18-17-22-7-3-1-4-8-22)27(21-23)29(32)31-24-12-14-26(15-13-24)34-20-19-33-25-9-5-2-6-10-25/h1-16,21H,17-20H2,(H,31,32). The van der Waals surface area contributed by atoms with Gasteiger partial charge in [0.1, 0.15) is 30.5 Å². The lowest BCUT2D eigenvalue weighted by atomic mass is 10.1. The van der Waals surface area contributed by atoms with E-state index in [-0.39, 0.29) is 5.91 Å². The van der Waals surface area contributed by atoms with Crippen molar-refractivity contribution in [1.82, 2.24) is 0 Å². The minimum absolute atomic E-state index is 0.244. The zero-order valence-electron chi connectivity index (χ0n) is 19.2. The van der Waals surface area contributed by atoms with Crippen LogP contribution in [0.4, 0.5) is 5.69 Å². The fourth-order valence-electron chi connectivity index (χ4n) is 3.40. The van der Waals surface area contributed by atoms with Crippen LogP contribution in [-0.4, -0.2) is 25.7 Å². The van der Waals surface area contributed by atoms with Crippen LogP contribution in [-0.2, 0) is 6.42 Å². The average Bonchev–Trinajstić information content (AvgIpc) is 2.89. The maximum atomic E-state index is 13.0. The largest absolute Gasteiger partial charge is 0.492 e. The SMILES string of the molecule is O=C(Nc1ccc(OCCOc2ccccc2)cc1)c1cc(Br)ccc1OCCc1ccccc1. The number of rotatable bonds is 11. The van der Waals surface area contributed by atoms with Gasteiger partial charge in [0.2, 0.25) is 0 Å². The molecule has 5 nitrogen and oxygen atoms in total. The van der Waals surface area contributed by atoms with Gasteiger partial charge in [-0.05, 0) is 60.2 Å². The molecule has 0 fully saturated rings. The molecule has 6 heteroatoms. The third-order valence-corrected chi connectivity index (χ3v) is 5.65. The monoisotopic (exact) mass is 531 g/mol. The van der Waals surface area contributed by atoms with Crippen molar-refractivity contribution in [1.29, 1.82) is 0 Å². The zero-order valence-corrected chi connectivity index (χ0v) is 20.7. The summed E-state index contributed by atoms with van der Waals surface area (Å²) < 4.78 is 18.1. The topological polar surface area (TPSA) is 56.8 Å². The van der Waals surface area contributed by atoms with Crippen molar-refractivity contribution in [3.63, 3.8) is 0 Å². The van der Waals surface area contributed by atoms with E-state index in [2.05, 4.69) is 33.4 Å². The van der Waals surface area contributed by atoms with Gasteiger partial charge in [0.15, 0.2) is 0 Å². The molecule has 4 aromatic rings. The molecule has 35 heavy (non-hydrogen) atoms. The first kappa shape index (κ1) is 24.4. The number of anilines is 1. The molecule has 0 atom stereocenters. The van der Waals surface area contributed by atoms with Crippen LogP contribution in [0.3, 0.4) is 0 Å². The maximum absolute atomic E-state index is 13.0. The Morgan fingerprint density at radius 3 is 2.00 bits per heavy atom. The van der Waals surface area contributed by atoms with E-state index in [4.69, 9.17) is 14.2 Å². The van der Waals surface area contributed by atoms with E-state index in [1.54, 1.807) is 24.3 Å². The molecule has 0 aliphatic carbocycles. The fraction of sp³-hybridized carbons (Fsp3) is 0.138. The van der Waals surface area contributed by atoms with Gasteiger partial charge < -0.3 is 19.5 Å². The van der Waals surface area contributed by atoms with Crippen LogP contribution in [0.2, 0.25) is 0 Å². The van der Waals surface area contributed by atoms with E-state index in [9.17, 15) is 4.79 Å². The highest BCUT2D eigenvalue weighted by Crippen LogP contribution is 2.25. The van der Waals surface area contributed by atoms with Gasteiger partial charge in [0.05, 0.1) is 12.2 Å². The van der Waals surface area contributed by atoms with Crippen molar-refractivity contribution in [2.45, 2.75) is 6.42 Å². The second-order valence-corrected chi connectivity index (χ2v) is 8.63. The Hall–Kier alpha value is -3.77. The Bertz CT molecular complexity index is 1210. The predicted octanol–water partition coefficient (Wildman–Crippen LogP) is 6.78. The van der Waals surface area contributed by atoms with Gasteiger partial charge in [-0.3, -0.25) is 4.79 Å². The highest BCUT2D eigenvalue weighted by atomic mass is 79.9. The molecule has 0 unspecified atom stereocenters. The molecule has 4 aromatic carbocycles. The number of ether oxygens (including phenoxy) is 3. The minimum atomic E-state index is -0.244. The number of carbonyl (C=O) groups excluding carboxylic acids is 1. The summed E-state index contributed by atoms with van der Waals surface area (Å²) in [6.07, 6.45) is 0.760. The van der Waals surface area contributed by atoms with Crippen LogP contribution in [0.1, 0.15) is 15.9 Å². The predicted molar refractivity (Wildman–Crippen MR) is 142 cm³/mol. The van der Waals surface area contributed by atoms with E-state index in [0.717, 1.165) is 16.6 Å². The van der Waals surface area contributed by atoms with Gasteiger partial charge in [0, 0.05) is 16.6 Å². The number of carbonyl (C=O) groups is 1. The van der Waals surface area contributed by atoms with E-state index >= 15 is 0 Å². The number of halogens is 1. The summed E-state index contributed by atoms with van der Waals surface area (Å²) in [6, 6.07) is 32.4. The minimum Gasteiger partial charge on any atom is -0.492 e. The van der Waals surface area contributed by atoms with Gasteiger partial charge in [-0.15, -0.1) is 0 Å². The summed E-state index contributed by atoms with van der Waals surface area (Å²) in [5.41, 5.74) is 2.31. The highest BCUT2D eigenvalue weighted by Gasteiger charge is 2.14. The molecule has 0 radical (unpaired) electrons. The molecule has 0 aromatic heterocycles. The number of benzene rings is 4. The van der Waals surface area contributed by atoms with Crippen molar-refractivity contribution in [3.8, 4) is 17.2 Å². The lowest BCUT2D eigenvalue weighted by molar-refractivity contribution is 0.102. The van der Waals surface area contributed by atoms with Gasteiger partial charge in [-0.2, -0.15) is 0 Å². The molecular weight excluding hydrogens is 506 g/mol. The Morgan fingerprint density at radius 2 is 1.31 bits per heavy atom. The molecule has 0 heterocycles. The summed E-state index contributed by atoms with van der Waals surface area (Å²) in [5.74, 6) is 1.81. The number of nitrogens with one attached hydrogen (secondary N) is 1. The Kier molecular flexibility index (Phi) is 8.79. The number of para-hydroxylation sites is 1. The van der Waals surface area contributed by atoms with Crippen LogP contribution in [0.5, 0.6) is 17.2 Å². The van der Waals surface area contributed by atoms with Crippen LogP contribution >= 0.6 is 15.9 Å². The summed E-state index contributed by atoms with van der Waals surface area (Å²) in [6.45, 7) is 1.34. The smallest absolute Gasteiger partial charge is 0.259 e. The molecule has 0 aliphatic rings. The third kappa shape index (κ3) is 7.62. The summed E-state index contributed by atoms with van der Waals surface area (Å²) in [4.78, 5) is 13.0. The Balaban J connectivity index is 1.29. The molecular formula is C29H26BrNO4.